The topological polar surface area (TPSA) is 72.5 Å². The number of carbonyl (C=O) groups is 3. The first kappa shape index (κ1) is 21.7. The first-order chi connectivity index (χ1) is 15.3. The van der Waals surface area contributed by atoms with Crippen LogP contribution in [0.15, 0.2) is 70.7 Å². The number of Topliss-reactive ketones (excluding diaryl/α,β-unsaturated/α-hetero) is 2. The summed E-state index contributed by atoms with van der Waals surface area (Å²) in [7, 11) is 0. The van der Waals surface area contributed by atoms with Crippen LogP contribution < -0.4 is 10.1 Å². The van der Waals surface area contributed by atoms with Crippen molar-refractivity contribution in [1.82, 2.24) is 0 Å². The number of rotatable bonds is 5. The molecule has 1 aliphatic rings. The van der Waals surface area contributed by atoms with E-state index < -0.39 is 0 Å². The zero-order chi connectivity index (χ0) is 22.8. The second-order valence-electron chi connectivity index (χ2n) is 7.59. The summed E-state index contributed by atoms with van der Waals surface area (Å²) in [4.78, 5) is 37.6. The Kier molecular flexibility index (Phi) is 6.06. The lowest BCUT2D eigenvalue weighted by molar-refractivity contribution is -0.118. The van der Waals surface area contributed by atoms with Crippen molar-refractivity contribution in [3.8, 4) is 5.75 Å². The van der Waals surface area contributed by atoms with Gasteiger partial charge in [-0.3, -0.25) is 14.4 Å². The van der Waals surface area contributed by atoms with Crippen molar-refractivity contribution in [3.05, 3.63) is 98.5 Å². The van der Waals surface area contributed by atoms with Crippen LogP contribution in [-0.4, -0.2) is 24.1 Å². The maximum Gasteiger partial charge on any atom is 0.262 e. The molecule has 0 aliphatic heterocycles. The molecule has 160 valence electrons. The predicted molar refractivity (Wildman–Crippen MR) is 127 cm³/mol. The number of carbonyl (C=O) groups excluding carboxylic acids is 3. The van der Waals surface area contributed by atoms with Gasteiger partial charge in [0.1, 0.15) is 5.75 Å². The Balaban J connectivity index is 1.45. The maximum atomic E-state index is 12.6. The Morgan fingerprint density at radius 3 is 2.19 bits per heavy atom. The number of amides is 1. The standard InChI is InChI=1S/C26H20BrNO4/c1-15-10-18(27)11-16(2)24(15)28-23(29)14-32-19-7-5-6-17(12-19)13-22-25(30)20-8-3-4-9-21(20)26(22)31/h3-13H,14H2,1-2H3,(H,28,29). The zero-order valence-electron chi connectivity index (χ0n) is 17.6. The van der Waals surface area contributed by atoms with Crippen molar-refractivity contribution in [2.24, 2.45) is 0 Å². The third-order valence-electron chi connectivity index (χ3n) is 5.21. The Morgan fingerprint density at radius 1 is 0.938 bits per heavy atom. The maximum absolute atomic E-state index is 12.6. The smallest absolute Gasteiger partial charge is 0.262 e. The van der Waals surface area contributed by atoms with Crippen LogP contribution in [-0.2, 0) is 4.79 Å². The fourth-order valence-electron chi connectivity index (χ4n) is 3.70. The fraction of sp³-hybridized carbons (Fsp3) is 0.115. The van der Waals surface area contributed by atoms with E-state index in [1.54, 1.807) is 54.6 Å². The molecule has 0 atom stereocenters. The molecule has 6 heteroatoms. The minimum absolute atomic E-state index is 0.127. The van der Waals surface area contributed by atoms with Gasteiger partial charge < -0.3 is 10.1 Å². The lowest BCUT2D eigenvalue weighted by Gasteiger charge is -2.13. The quantitative estimate of drug-likeness (QED) is 0.376. The van der Waals surface area contributed by atoms with Gasteiger partial charge in [-0.2, -0.15) is 0 Å². The highest BCUT2D eigenvalue weighted by molar-refractivity contribution is 9.10. The summed E-state index contributed by atoms with van der Waals surface area (Å²) in [6.07, 6.45) is 1.56. The average Bonchev–Trinajstić information content (AvgIpc) is 3.00. The van der Waals surface area contributed by atoms with Gasteiger partial charge in [0.2, 0.25) is 0 Å². The Labute approximate surface area is 194 Å². The lowest BCUT2D eigenvalue weighted by Crippen LogP contribution is -2.21. The second-order valence-corrected chi connectivity index (χ2v) is 8.50. The van der Waals surface area contributed by atoms with Crippen LogP contribution in [0.4, 0.5) is 5.69 Å². The molecule has 0 unspecified atom stereocenters. The zero-order valence-corrected chi connectivity index (χ0v) is 19.2. The highest BCUT2D eigenvalue weighted by atomic mass is 79.9. The minimum Gasteiger partial charge on any atom is -0.484 e. The third-order valence-corrected chi connectivity index (χ3v) is 5.66. The first-order valence-electron chi connectivity index (χ1n) is 10.0. The van der Waals surface area contributed by atoms with Crippen LogP contribution in [0, 0.1) is 13.8 Å². The van der Waals surface area contributed by atoms with Crippen molar-refractivity contribution in [3.63, 3.8) is 0 Å². The van der Waals surface area contributed by atoms with Gasteiger partial charge >= 0.3 is 0 Å². The monoisotopic (exact) mass is 489 g/mol. The van der Waals surface area contributed by atoms with Crippen LogP contribution >= 0.6 is 15.9 Å². The van der Waals surface area contributed by atoms with Gasteiger partial charge in [-0.25, -0.2) is 0 Å². The largest absolute Gasteiger partial charge is 0.484 e. The average molecular weight is 490 g/mol. The van der Waals surface area contributed by atoms with Gasteiger partial charge in [0.15, 0.2) is 18.2 Å². The van der Waals surface area contributed by atoms with Gasteiger partial charge in [0, 0.05) is 21.3 Å². The number of aryl methyl sites for hydroxylation is 2. The van der Waals surface area contributed by atoms with Gasteiger partial charge in [0.05, 0.1) is 5.57 Å². The van der Waals surface area contributed by atoms with E-state index in [0.29, 0.717) is 22.4 Å². The molecule has 5 nitrogen and oxygen atoms in total. The van der Waals surface area contributed by atoms with Crippen LogP contribution in [0.2, 0.25) is 0 Å². The highest BCUT2D eigenvalue weighted by Gasteiger charge is 2.32. The Bertz CT molecular complexity index is 1230. The molecular formula is C26H20BrNO4. The number of halogens is 1. The summed E-state index contributed by atoms with van der Waals surface area (Å²) in [5.41, 5.74) is 4.28. The molecule has 0 radical (unpaired) electrons. The summed E-state index contributed by atoms with van der Waals surface area (Å²) < 4.78 is 6.60. The third kappa shape index (κ3) is 4.41. The number of ether oxygens (including phenoxy) is 1. The molecule has 0 bridgehead atoms. The molecule has 32 heavy (non-hydrogen) atoms. The Morgan fingerprint density at radius 2 is 1.56 bits per heavy atom. The van der Waals surface area contributed by atoms with Crippen LogP contribution in [0.3, 0.4) is 0 Å². The number of ketones is 2. The molecular weight excluding hydrogens is 470 g/mol. The van der Waals surface area contributed by atoms with Crippen molar-refractivity contribution in [2.75, 3.05) is 11.9 Å². The molecule has 1 aliphatic carbocycles. The van der Waals surface area contributed by atoms with Gasteiger partial charge in [-0.1, -0.05) is 52.3 Å². The highest BCUT2D eigenvalue weighted by Crippen LogP contribution is 2.28. The van der Waals surface area contributed by atoms with E-state index in [1.807, 2.05) is 26.0 Å². The molecule has 0 fully saturated rings. The van der Waals surface area contributed by atoms with Gasteiger partial charge in [-0.15, -0.1) is 0 Å². The number of nitrogens with one attached hydrogen (secondary N) is 1. The first-order valence-corrected chi connectivity index (χ1v) is 10.8. The van der Waals surface area contributed by atoms with E-state index in [0.717, 1.165) is 21.3 Å². The van der Waals surface area contributed by atoms with Crippen molar-refractivity contribution < 1.29 is 19.1 Å². The number of fused-ring (bicyclic) bond motifs is 1. The number of hydrogen-bond acceptors (Lipinski definition) is 4. The minimum atomic E-state index is -0.281. The molecule has 0 spiro atoms. The van der Waals surface area contributed by atoms with E-state index in [4.69, 9.17) is 4.74 Å². The van der Waals surface area contributed by atoms with Crippen LogP contribution in [0.1, 0.15) is 37.4 Å². The molecule has 0 aromatic heterocycles. The second kappa shape index (κ2) is 8.93. The lowest BCUT2D eigenvalue weighted by atomic mass is 10.1. The number of hydrogen-bond donors (Lipinski definition) is 1. The van der Waals surface area contributed by atoms with E-state index in [9.17, 15) is 14.4 Å². The normalized spacial score (nSPS) is 12.5. The van der Waals surface area contributed by atoms with Crippen molar-refractivity contribution in [1.29, 1.82) is 0 Å². The van der Waals surface area contributed by atoms with Crippen LogP contribution in [0.5, 0.6) is 5.75 Å². The summed E-state index contributed by atoms with van der Waals surface area (Å²) in [5.74, 6) is -0.374. The van der Waals surface area contributed by atoms with E-state index in [-0.39, 0.29) is 29.7 Å². The summed E-state index contributed by atoms with van der Waals surface area (Å²) in [5, 5.41) is 2.89. The number of benzene rings is 3. The number of allylic oxidation sites excluding steroid dienone is 1. The molecule has 4 rings (SSSR count). The SMILES string of the molecule is Cc1cc(Br)cc(C)c1NC(=O)COc1cccc(C=C2C(=O)c3ccccc3C2=O)c1. The van der Waals surface area contributed by atoms with Crippen molar-refractivity contribution in [2.45, 2.75) is 13.8 Å². The van der Waals surface area contributed by atoms with Crippen molar-refractivity contribution >= 4 is 45.2 Å². The van der Waals surface area contributed by atoms with Crippen LogP contribution in [0.25, 0.3) is 6.08 Å². The molecule has 1 amide bonds. The molecule has 0 saturated heterocycles. The Hall–Kier alpha value is -3.51. The summed E-state index contributed by atoms with van der Waals surface area (Å²) in [6, 6.07) is 17.6. The number of anilines is 1. The molecule has 0 saturated carbocycles. The summed E-state index contributed by atoms with van der Waals surface area (Å²) >= 11 is 3.44. The van der Waals surface area contributed by atoms with E-state index in [2.05, 4.69) is 21.2 Å². The molecule has 3 aromatic carbocycles. The molecule has 0 heterocycles. The van der Waals surface area contributed by atoms with Gasteiger partial charge in [0.25, 0.3) is 5.91 Å². The molecule has 3 aromatic rings. The summed E-state index contributed by atoms with van der Waals surface area (Å²) in [6.45, 7) is 3.68. The van der Waals surface area contributed by atoms with E-state index >= 15 is 0 Å². The van der Waals surface area contributed by atoms with Gasteiger partial charge in [-0.05, 0) is 60.9 Å². The fourth-order valence-corrected chi connectivity index (χ4v) is 4.38. The predicted octanol–water partition coefficient (Wildman–Crippen LogP) is 5.55. The van der Waals surface area contributed by atoms with E-state index in [1.165, 1.54) is 0 Å². The molecule has 1 N–H and O–H groups in total.